The van der Waals surface area contributed by atoms with Gasteiger partial charge in [-0.2, -0.15) is 8.78 Å². The van der Waals surface area contributed by atoms with Crippen LogP contribution in [0.2, 0.25) is 0 Å². The monoisotopic (exact) mass is 250 g/mol. The number of halogens is 2. The fourth-order valence-electron chi connectivity index (χ4n) is 0.927. The smallest absolute Gasteiger partial charge is 0.419 e. The molecule has 0 spiro atoms. The lowest BCUT2D eigenvalue weighted by Gasteiger charge is -2.10. The summed E-state index contributed by atoms with van der Waals surface area (Å²) in [6.07, 6.45) is 0. The Balaban J connectivity index is 3.01. The van der Waals surface area contributed by atoms with Crippen molar-refractivity contribution < 1.29 is 27.6 Å². The topological polar surface area (TPSA) is 63.6 Å². The zero-order valence-electron chi connectivity index (χ0n) is 8.15. The fourth-order valence-corrected chi connectivity index (χ4v) is 1.76. The molecule has 0 saturated carbocycles. The van der Waals surface area contributed by atoms with Gasteiger partial charge in [-0.15, -0.1) is 0 Å². The second kappa shape index (κ2) is 4.56. The lowest BCUT2D eigenvalue weighted by Crippen LogP contribution is -2.33. The van der Waals surface area contributed by atoms with Gasteiger partial charge in [0.2, 0.25) is 0 Å². The maximum Gasteiger partial charge on any atom is 0.419 e. The molecule has 1 rings (SSSR count). The highest BCUT2D eigenvalue weighted by Gasteiger charge is 2.46. The molecule has 0 amide bonds. The molecule has 0 fully saturated rings. The summed E-state index contributed by atoms with van der Waals surface area (Å²) in [5, 5.41) is 3.91. The highest BCUT2D eigenvalue weighted by atomic mass is 32.2. The van der Waals surface area contributed by atoms with Gasteiger partial charge in [0.15, 0.2) is 0 Å². The summed E-state index contributed by atoms with van der Waals surface area (Å²) in [6.45, 7) is 0. The Labute approximate surface area is 92.3 Å². The average Bonchev–Trinajstić information content (AvgIpc) is 2.28. The largest absolute Gasteiger partial charge is 0.497 e. The van der Waals surface area contributed by atoms with Gasteiger partial charge in [0.25, 0.3) is 0 Å². The van der Waals surface area contributed by atoms with Gasteiger partial charge >= 0.3 is 11.2 Å². The van der Waals surface area contributed by atoms with Crippen LogP contribution in [0.4, 0.5) is 8.78 Å². The van der Waals surface area contributed by atoms with E-state index in [9.17, 15) is 17.8 Å². The summed E-state index contributed by atoms with van der Waals surface area (Å²) in [6, 6.07) is 4.91. The lowest BCUT2D eigenvalue weighted by atomic mass is 10.3. The van der Waals surface area contributed by atoms with Crippen molar-refractivity contribution in [3.63, 3.8) is 0 Å². The first-order valence-corrected chi connectivity index (χ1v) is 5.21. The molecule has 0 heterocycles. The Kier molecular flexibility index (Phi) is 3.58. The molecule has 16 heavy (non-hydrogen) atoms. The second-order valence-corrected chi connectivity index (χ2v) is 4.29. The molecular weight excluding hydrogens is 242 g/mol. The molecule has 0 aliphatic rings. The number of hydrogen-bond acceptors (Lipinski definition) is 3. The van der Waals surface area contributed by atoms with Crippen LogP contribution >= 0.6 is 0 Å². The quantitative estimate of drug-likeness (QED) is 0.879. The number of benzene rings is 1. The van der Waals surface area contributed by atoms with Gasteiger partial charge in [0.05, 0.1) is 7.11 Å². The van der Waals surface area contributed by atoms with Gasteiger partial charge < -0.3 is 9.84 Å². The molecule has 1 atom stereocenters. The number of carbonyl (C=O) groups is 1. The average molecular weight is 250 g/mol. The van der Waals surface area contributed by atoms with Crippen LogP contribution in [-0.2, 0) is 15.6 Å². The minimum absolute atomic E-state index is 0.270. The van der Waals surface area contributed by atoms with E-state index >= 15 is 0 Å². The van der Waals surface area contributed by atoms with E-state index in [0.29, 0.717) is 5.75 Å². The molecule has 1 aromatic carbocycles. The molecule has 0 bridgehead atoms. The van der Waals surface area contributed by atoms with E-state index in [-0.39, 0.29) is 4.90 Å². The third-order valence-electron chi connectivity index (χ3n) is 1.76. The number of carboxylic acid groups (broad SMARTS) is 1. The summed E-state index contributed by atoms with van der Waals surface area (Å²) in [4.78, 5) is 9.92. The molecule has 0 aromatic heterocycles. The molecule has 4 nitrogen and oxygen atoms in total. The number of methoxy groups -OCH3 is 1. The Hall–Kier alpha value is -1.50. The number of rotatable bonds is 4. The summed E-state index contributed by atoms with van der Waals surface area (Å²) in [7, 11) is -1.54. The zero-order valence-corrected chi connectivity index (χ0v) is 8.96. The van der Waals surface area contributed by atoms with E-state index in [4.69, 9.17) is 9.84 Å². The van der Waals surface area contributed by atoms with Crippen LogP contribution < -0.4 is 4.74 Å². The van der Waals surface area contributed by atoms with Crippen LogP contribution in [0.1, 0.15) is 0 Å². The predicted molar refractivity (Wildman–Crippen MR) is 52.0 cm³/mol. The van der Waals surface area contributed by atoms with Crippen LogP contribution in [0, 0.1) is 0 Å². The standard InChI is InChI=1S/C9H8F2O4S/c1-15-6-2-4-7(5-3-6)16(14)9(10,11)8(12)13/h2-5H,1H3,(H,12,13). The number of aliphatic carboxylic acids is 1. The lowest BCUT2D eigenvalue weighted by molar-refractivity contribution is -0.153. The molecule has 7 heteroatoms. The van der Waals surface area contributed by atoms with E-state index in [2.05, 4.69) is 0 Å². The van der Waals surface area contributed by atoms with Crippen molar-refractivity contribution in [2.75, 3.05) is 7.11 Å². The highest BCUT2D eigenvalue weighted by Crippen LogP contribution is 2.26. The van der Waals surface area contributed by atoms with Crippen LogP contribution in [0.25, 0.3) is 0 Å². The van der Waals surface area contributed by atoms with Crippen molar-refractivity contribution >= 4 is 16.8 Å². The number of ether oxygens (including phenoxy) is 1. The summed E-state index contributed by atoms with van der Waals surface area (Å²) in [5.74, 6) is -2.01. The summed E-state index contributed by atoms with van der Waals surface area (Å²) < 4.78 is 41.8. The van der Waals surface area contributed by atoms with E-state index in [1.54, 1.807) is 0 Å². The maximum absolute atomic E-state index is 12.9. The van der Waals surface area contributed by atoms with Crippen LogP contribution in [-0.4, -0.2) is 27.6 Å². The molecule has 1 aromatic rings. The Morgan fingerprint density at radius 3 is 2.25 bits per heavy atom. The minimum atomic E-state index is -4.30. The normalized spacial score (nSPS) is 13.2. The first kappa shape index (κ1) is 12.6. The summed E-state index contributed by atoms with van der Waals surface area (Å²) in [5.41, 5.74) is 0. The van der Waals surface area contributed by atoms with Crippen LogP contribution in [0.3, 0.4) is 0 Å². The van der Waals surface area contributed by atoms with Crippen molar-refractivity contribution in [1.29, 1.82) is 0 Å². The van der Waals surface area contributed by atoms with E-state index in [0.717, 1.165) is 12.1 Å². The van der Waals surface area contributed by atoms with E-state index in [1.807, 2.05) is 0 Å². The van der Waals surface area contributed by atoms with Crippen LogP contribution in [0.5, 0.6) is 5.75 Å². The minimum Gasteiger partial charge on any atom is -0.497 e. The van der Waals surface area contributed by atoms with Gasteiger partial charge in [-0.1, -0.05) is 0 Å². The van der Waals surface area contributed by atoms with Gasteiger partial charge in [-0.25, -0.2) is 9.00 Å². The van der Waals surface area contributed by atoms with Gasteiger partial charge in [-0.3, -0.25) is 0 Å². The summed E-state index contributed by atoms with van der Waals surface area (Å²) >= 11 is 0. The molecule has 0 aliphatic heterocycles. The molecule has 0 radical (unpaired) electrons. The van der Waals surface area contributed by atoms with Gasteiger partial charge in [-0.05, 0) is 24.3 Å². The highest BCUT2D eigenvalue weighted by molar-refractivity contribution is 7.87. The maximum atomic E-state index is 12.9. The molecule has 88 valence electrons. The Morgan fingerprint density at radius 2 is 1.88 bits per heavy atom. The third-order valence-corrected chi connectivity index (χ3v) is 3.10. The molecule has 0 saturated heterocycles. The Morgan fingerprint density at radius 1 is 1.38 bits per heavy atom. The fraction of sp³-hybridized carbons (Fsp3) is 0.222. The van der Waals surface area contributed by atoms with Gasteiger partial charge in [0.1, 0.15) is 16.5 Å². The van der Waals surface area contributed by atoms with Crippen molar-refractivity contribution in [3.05, 3.63) is 24.3 Å². The number of carboxylic acids is 1. The molecule has 1 unspecified atom stereocenters. The zero-order chi connectivity index (χ0) is 12.3. The van der Waals surface area contributed by atoms with Crippen molar-refractivity contribution in [1.82, 2.24) is 0 Å². The number of hydrogen-bond donors (Lipinski definition) is 1. The van der Waals surface area contributed by atoms with Crippen molar-refractivity contribution in [2.24, 2.45) is 0 Å². The van der Waals surface area contributed by atoms with E-state index < -0.39 is 22.0 Å². The Bertz CT molecular complexity index is 416. The van der Waals surface area contributed by atoms with E-state index in [1.165, 1.54) is 19.2 Å². The molecular formula is C9H8F2O4S. The first-order valence-electron chi connectivity index (χ1n) is 4.06. The number of alkyl halides is 2. The van der Waals surface area contributed by atoms with Crippen LogP contribution in [0.15, 0.2) is 29.2 Å². The van der Waals surface area contributed by atoms with Gasteiger partial charge in [0, 0.05) is 4.90 Å². The SMILES string of the molecule is COc1ccc(S(=O)C(F)(F)C(=O)O)cc1. The second-order valence-electron chi connectivity index (χ2n) is 2.77. The predicted octanol–water partition coefficient (Wildman–Crippen LogP) is 1.48. The van der Waals surface area contributed by atoms with Crippen molar-refractivity contribution in [3.8, 4) is 5.75 Å². The molecule has 0 aliphatic carbocycles. The van der Waals surface area contributed by atoms with Crippen molar-refractivity contribution in [2.45, 2.75) is 10.2 Å². The third kappa shape index (κ3) is 2.35. The first-order chi connectivity index (χ1) is 7.39. The molecule has 1 N–H and O–H groups in total.